The first-order valence-electron chi connectivity index (χ1n) is 9.18. The summed E-state index contributed by atoms with van der Waals surface area (Å²) in [6, 6.07) is 12.8. The lowest BCUT2D eigenvalue weighted by Gasteiger charge is -2.21. The molecule has 6 nitrogen and oxygen atoms in total. The van der Waals surface area contributed by atoms with E-state index in [4.69, 9.17) is 0 Å². The minimum absolute atomic E-state index is 0.158. The molecule has 0 spiro atoms. The van der Waals surface area contributed by atoms with E-state index in [2.05, 4.69) is 22.5 Å². The molecule has 0 radical (unpaired) electrons. The Morgan fingerprint density at radius 2 is 1.85 bits per heavy atom. The number of nitrogens with one attached hydrogen (secondary N) is 2. The maximum atomic E-state index is 12.7. The smallest absolute Gasteiger partial charge is 0.269 e. The van der Waals surface area contributed by atoms with Crippen molar-refractivity contribution in [2.75, 3.05) is 7.05 Å². The summed E-state index contributed by atoms with van der Waals surface area (Å²) in [5.41, 5.74) is 1.90. The Labute approximate surface area is 159 Å². The van der Waals surface area contributed by atoms with Crippen LogP contribution in [0.4, 0.5) is 0 Å². The quantitative estimate of drug-likeness (QED) is 0.729. The highest BCUT2D eigenvalue weighted by Gasteiger charge is 2.34. The minimum Gasteiger partial charge on any atom is -0.392 e. The molecule has 142 valence electrons. The summed E-state index contributed by atoms with van der Waals surface area (Å²) in [6.45, 7) is 3.76. The molecule has 1 fully saturated rings. The van der Waals surface area contributed by atoms with Crippen LogP contribution in [-0.2, 0) is 0 Å². The van der Waals surface area contributed by atoms with Gasteiger partial charge in [0.25, 0.3) is 11.8 Å². The number of pyridine rings is 1. The number of amides is 2. The molecule has 2 amide bonds. The molecular weight excluding hydrogens is 342 g/mol. The van der Waals surface area contributed by atoms with Gasteiger partial charge in [-0.2, -0.15) is 0 Å². The fraction of sp³-hybridized carbons (Fsp3) is 0.381. The van der Waals surface area contributed by atoms with Crippen molar-refractivity contribution in [3.63, 3.8) is 0 Å². The van der Waals surface area contributed by atoms with E-state index in [0.717, 1.165) is 12.0 Å². The third-order valence-electron chi connectivity index (χ3n) is 4.95. The summed E-state index contributed by atoms with van der Waals surface area (Å²) < 4.78 is 0. The van der Waals surface area contributed by atoms with E-state index in [1.807, 2.05) is 30.3 Å². The van der Waals surface area contributed by atoms with E-state index in [-0.39, 0.29) is 23.6 Å². The normalized spacial score (nSPS) is 20.4. The van der Waals surface area contributed by atoms with E-state index in [0.29, 0.717) is 17.2 Å². The van der Waals surface area contributed by atoms with Crippen molar-refractivity contribution in [1.82, 2.24) is 15.6 Å². The third kappa shape index (κ3) is 4.34. The lowest BCUT2D eigenvalue weighted by Crippen LogP contribution is -2.29. The van der Waals surface area contributed by atoms with Crippen molar-refractivity contribution in [3.8, 4) is 0 Å². The van der Waals surface area contributed by atoms with Gasteiger partial charge in [0.2, 0.25) is 0 Å². The number of aliphatic hydroxyl groups is 1. The van der Waals surface area contributed by atoms with Gasteiger partial charge in [-0.25, -0.2) is 4.98 Å². The van der Waals surface area contributed by atoms with Crippen LogP contribution in [0.1, 0.15) is 58.3 Å². The highest BCUT2D eigenvalue weighted by molar-refractivity contribution is 5.98. The molecule has 4 atom stereocenters. The lowest BCUT2D eigenvalue weighted by atomic mass is 9.89. The van der Waals surface area contributed by atoms with Crippen LogP contribution in [0.15, 0.2) is 42.5 Å². The molecule has 2 aromatic rings. The van der Waals surface area contributed by atoms with Gasteiger partial charge in [-0.1, -0.05) is 37.3 Å². The number of carbonyl (C=O) groups is 2. The summed E-state index contributed by atoms with van der Waals surface area (Å²) in [5, 5.41) is 15.9. The summed E-state index contributed by atoms with van der Waals surface area (Å²) >= 11 is 0. The Balaban J connectivity index is 2.03. The second kappa shape index (κ2) is 7.88. The van der Waals surface area contributed by atoms with Gasteiger partial charge in [0.15, 0.2) is 0 Å². The fourth-order valence-electron chi connectivity index (χ4n) is 3.22. The van der Waals surface area contributed by atoms with Gasteiger partial charge in [-0.15, -0.1) is 0 Å². The molecule has 1 aromatic heterocycles. The molecule has 1 aromatic carbocycles. The summed E-state index contributed by atoms with van der Waals surface area (Å²) in [4.78, 5) is 29.3. The topological polar surface area (TPSA) is 91.3 Å². The van der Waals surface area contributed by atoms with Crippen LogP contribution in [0.2, 0.25) is 0 Å². The van der Waals surface area contributed by atoms with Crippen molar-refractivity contribution in [3.05, 3.63) is 65.0 Å². The van der Waals surface area contributed by atoms with E-state index in [1.165, 1.54) is 13.1 Å². The predicted molar refractivity (Wildman–Crippen MR) is 103 cm³/mol. The maximum Gasteiger partial charge on any atom is 0.269 e. The summed E-state index contributed by atoms with van der Waals surface area (Å²) in [5.74, 6) is -0.566. The molecule has 3 N–H and O–H groups in total. The van der Waals surface area contributed by atoms with Crippen LogP contribution < -0.4 is 10.6 Å². The fourth-order valence-corrected chi connectivity index (χ4v) is 3.22. The van der Waals surface area contributed by atoms with Crippen molar-refractivity contribution in [2.45, 2.75) is 38.3 Å². The lowest BCUT2D eigenvalue weighted by molar-refractivity contribution is 0.0948. The summed E-state index contributed by atoms with van der Waals surface area (Å²) in [6.07, 6.45) is 0.228. The van der Waals surface area contributed by atoms with Gasteiger partial charge in [0.05, 0.1) is 17.7 Å². The van der Waals surface area contributed by atoms with Gasteiger partial charge >= 0.3 is 0 Å². The van der Waals surface area contributed by atoms with Crippen LogP contribution >= 0.6 is 0 Å². The van der Waals surface area contributed by atoms with Crippen LogP contribution in [0.3, 0.4) is 0 Å². The van der Waals surface area contributed by atoms with E-state index in [1.54, 1.807) is 13.0 Å². The molecule has 6 heteroatoms. The number of benzene rings is 1. The number of nitrogens with zero attached hydrogens (tertiary/aromatic N) is 1. The van der Waals surface area contributed by atoms with Crippen LogP contribution in [-0.4, -0.2) is 41.1 Å². The second-order valence-corrected chi connectivity index (χ2v) is 7.17. The zero-order valence-electron chi connectivity index (χ0n) is 15.8. The molecule has 3 unspecified atom stereocenters. The van der Waals surface area contributed by atoms with Crippen LogP contribution in [0, 0.1) is 5.92 Å². The van der Waals surface area contributed by atoms with E-state index < -0.39 is 12.0 Å². The Morgan fingerprint density at radius 3 is 2.41 bits per heavy atom. The van der Waals surface area contributed by atoms with Crippen LogP contribution in [0.5, 0.6) is 0 Å². The van der Waals surface area contributed by atoms with Crippen molar-refractivity contribution in [2.24, 2.45) is 5.92 Å². The average molecular weight is 367 g/mol. The largest absolute Gasteiger partial charge is 0.392 e. The maximum absolute atomic E-state index is 12.7. The Hall–Kier alpha value is -2.73. The van der Waals surface area contributed by atoms with Crippen molar-refractivity contribution < 1.29 is 14.7 Å². The van der Waals surface area contributed by atoms with E-state index >= 15 is 0 Å². The third-order valence-corrected chi connectivity index (χ3v) is 4.95. The van der Waals surface area contributed by atoms with Gasteiger partial charge in [-0.3, -0.25) is 9.59 Å². The molecule has 27 heavy (non-hydrogen) atoms. The zero-order valence-corrected chi connectivity index (χ0v) is 15.8. The standard InChI is InChI=1S/C21H25N3O3/c1-12-9-16(12)24-20(26)15-10-17(23-18(11-15)21(27)22-3)19(13(2)25)14-7-5-4-6-8-14/h4-8,10-13,16,19,25H,9H2,1-3H3,(H,22,27)(H,24,26)/t12-,13?,16?,19?/m0/s1. The summed E-state index contributed by atoms with van der Waals surface area (Å²) in [7, 11) is 1.52. The number of hydrogen-bond acceptors (Lipinski definition) is 4. The molecule has 0 saturated heterocycles. The average Bonchev–Trinajstić information content (AvgIpc) is 3.36. The van der Waals surface area contributed by atoms with Crippen molar-refractivity contribution >= 4 is 11.8 Å². The number of hydrogen-bond donors (Lipinski definition) is 3. The first kappa shape index (κ1) is 19.0. The SMILES string of the molecule is CNC(=O)c1cc(C(=O)NC2C[C@@H]2C)cc(C(c2ccccc2)C(C)O)n1. The van der Waals surface area contributed by atoms with Gasteiger partial charge in [0.1, 0.15) is 5.69 Å². The predicted octanol–water partition coefficient (Wildman–Crippen LogP) is 2.09. The minimum atomic E-state index is -0.737. The molecule has 1 heterocycles. The molecular formula is C21H25N3O3. The highest BCUT2D eigenvalue weighted by atomic mass is 16.3. The Kier molecular flexibility index (Phi) is 5.56. The first-order valence-corrected chi connectivity index (χ1v) is 9.18. The highest BCUT2D eigenvalue weighted by Crippen LogP contribution is 2.30. The monoisotopic (exact) mass is 367 g/mol. The molecule has 1 aliphatic carbocycles. The van der Waals surface area contributed by atoms with Crippen molar-refractivity contribution in [1.29, 1.82) is 0 Å². The van der Waals surface area contributed by atoms with Gasteiger partial charge in [-0.05, 0) is 37.0 Å². The van der Waals surface area contributed by atoms with E-state index in [9.17, 15) is 14.7 Å². The number of aliphatic hydroxyl groups excluding tert-OH is 1. The Morgan fingerprint density at radius 1 is 1.19 bits per heavy atom. The number of aromatic nitrogens is 1. The first-order chi connectivity index (χ1) is 12.9. The number of rotatable bonds is 6. The molecule has 3 rings (SSSR count). The second-order valence-electron chi connectivity index (χ2n) is 7.17. The number of carbonyl (C=O) groups excluding carboxylic acids is 2. The Bertz CT molecular complexity index is 836. The van der Waals surface area contributed by atoms with Crippen LogP contribution in [0.25, 0.3) is 0 Å². The zero-order chi connectivity index (χ0) is 19.6. The van der Waals surface area contributed by atoms with Gasteiger partial charge in [0, 0.05) is 18.7 Å². The molecule has 1 aliphatic rings. The molecule has 0 aliphatic heterocycles. The van der Waals surface area contributed by atoms with Gasteiger partial charge < -0.3 is 15.7 Å². The molecule has 0 bridgehead atoms. The molecule has 1 saturated carbocycles.